The van der Waals surface area contributed by atoms with Gasteiger partial charge in [0, 0.05) is 6.54 Å². The highest BCUT2D eigenvalue weighted by atomic mass is 16.1. The maximum atomic E-state index is 10.0. The van der Waals surface area contributed by atoms with E-state index in [0.29, 0.717) is 5.41 Å². The van der Waals surface area contributed by atoms with E-state index < -0.39 is 0 Å². The van der Waals surface area contributed by atoms with Crippen LogP contribution in [0.1, 0.15) is 20.3 Å². The molecule has 58 valence electrons. The summed E-state index contributed by atoms with van der Waals surface area (Å²) in [6, 6.07) is 0. The third-order valence-corrected chi connectivity index (χ3v) is 1.85. The maximum Gasteiger partial charge on any atom is 0.208 e. The van der Waals surface area contributed by atoms with Crippen molar-refractivity contribution in [2.75, 3.05) is 6.54 Å². The van der Waals surface area contributed by atoms with Gasteiger partial charge in [-0.15, -0.1) is 0 Å². The lowest BCUT2D eigenvalue weighted by molar-refractivity contribution is -0.110. The summed E-state index contributed by atoms with van der Waals surface area (Å²) in [5.74, 6) is 0. The van der Waals surface area contributed by atoms with Crippen molar-refractivity contribution in [1.82, 2.24) is 10.6 Å². The van der Waals surface area contributed by atoms with Crippen molar-refractivity contribution >= 4 is 6.41 Å². The van der Waals surface area contributed by atoms with Gasteiger partial charge < -0.3 is 5.32 Å². The zero-order chi connectivity index (χ0) is 7.61. The van der Waals surface area contributed by atoms with E-state index in [-0.39, 0.29) is 6.17 Å². The zero-order valence-electron chi connectivity index (χ0n) is 6.48. The first kappa shape index (κ1) is 7.54. The van der Waals surface area contributed by atoms with Gasteiger partial charge in [0.05, 0.1) is 6.17 Å². The summed E-state index contributed by atoms with van der Waals surface area (Å²) in [6.45, 7) is 5.36. The first-order chi connectivity index (χ1) is 4.64. The molecule has 1 heterocycles. The molecule has 0 aromatic carbocycles. The Balaban J connectivity index is 2.35. The summed E-state index contributed by atoms with van der Waals surface area (Å²) in [7, 11) is 0. The monoisotopic (exact) mass is 142 g/mol. The van der Waals surface area contributed by atoms with Gasteiger partial charge in [-0.3, -0.25) is 10.1 Å². The molecule has 0 unspecified atom stereocenters. The minimum atomic E-state index is 0.187. The van der Waals surface area contributed by atoms with Crippen molar-refractivity contribution in [2.24, 2.45) is 5.41 Å². The highest BCUT2D eigenvalue weighted by molar-refractivity contribution is 5.46. The van der Waals surface area contributed by atoms with E-state index in [1.54, 1.807) is 0 Å². The van der Waals surface area contributed by atoms with Crippen molar-refractivity contribution in [2.45, 2.75) is 26.4 Å². The van der Waals surface area contributed by atoms with Crippen molar-refractivity contribution in [1.29, 1.82) is 0 Å². The van der Waals surface area contributed by atoms with Crippen LogP contribution in [0, 0.1) is 5.41 Å². The lowest BCUT2D eigenvalue weighted by Crippen LogP contribution is -2.35. The van der Waals surface area contributed by atoms with Crippen LogP contribution in [0.15, 0.2) is 0 Å². The van der Waals surface area contributed by atoms with Gasteiger partial charge >= 0.3 is 0 Å². The Labute approximate surface area is 61.2 Å². The number of hydrogen-bond donors (Lipinski definition) is 2. The van der Waals surface area contributed by atoms with Crippen molar-refractivity contribution in [3.63, 3.8) is 0 Å². The Morgan fingerprint density at radius 2 is 2.40 bits per heavy atom. The summed E-state index contributed by atoms with van der Waals surface area (Å²) >= 11 is 0. The number of amides is 1. The number of hydrogen-bond acceptors (Lipinski definition) is 2. The van der Waals surface area contributed by atoms with E-state index in [1.165, 1.54) is 0 Å². The molecule has 0 aromatic rings. The molecule has 1 atom stereocenters. The van der Waals surface area contributed by atoms with Gasteiger partial charge in [0.15, 0.2) is 0 Å². The number of carbonyl (C=O) groups excluding carboxylic acids is 1. The Hall–Kier alpha value is -0.570. The molecular formula is C7H14N2O. The van der Waals surface area contributed by atoms with Crippen LogP contribution in [0.2, 0.25) is 0 Å². The van der Waals surface area contributed by atoms with E-state index in [2.05, 4.69) is 24.5 Å². The highest BCUT2D eigenvalue weighted by Gasteiger charge is 2.29. The molecule has 1 amide bonds. The van der Waals surface area contributed by atoms with Crippen LogP contribution in [-0.4, -0.2) is 19.1 Å². The van der Waals surface area contributed by atoms with E-state index in [9.17, 15) is 4.79 Å². The lowest BCUT2D eigenvalue weighted by atomic mass is 9.92. The van der Waals surface area contributed by atoms with E-state index in [1.807, 2.05) is 0 Å². The Bertz CT molecular complexity index is 134. The van der Waals surface area contributed by atoms with Crippen LogP contribution in [0.25, 0.3) is 0 Å². The van der Waals surface area contributed by atoms with Crippen LogP contribution < -0.4 is 10.6 Å². The Kier molecular flexibility index (Phi) is 1.94. The predicted molar refractivity (Wildman–Crippen MR) is 39.4 cm³/mol. The molecule has 1 aliphatic heterocycles. The molecule has 0 aliphatic carbocycles. The first-order valence-electron chi connectivity index (χ1n) is 3.57. The molecule has 1 saturated heterocycles. The SMILES string of the molecule is CC1(C)CN[C@@H](NC=O)C1. The maximum absolute atomic E-state index is 10.0. The summed E-state index contributed by atoms with van der Waals surface area (Å²) in [5, 5.41) is 5.91. The molecule has 1 aliphatic rings. The van der Waals surface area contributed by atoms with E-state index >= 15 is 0 Å². The number of rotatable bonds is 2. The first-order valence-corrected chi connectivity index (χ1v) is 3.57. The average Bonchev–Trinajstić information content (AvgIpc) is 2.12. The second kappa shape index (κ2) is 2.58. The lowest BCUT2D eigenvalue weighted by Gasteiger charge is -2.14. The minimum absolute atomic E-state index is 0.187. The van der Waals surface area contributed by atoms with Gasteiger partial charge in [-0.25, -0.2) is 0 Å². The minimum Gasteiger partial charge on any atom is -0.343 e. The van der Waals surface area contributed by atoms with Crippen molar-refractivity contribution in [3.05, 3.63) is 0 Å². The van der Waals surface area contributed by atoms with Crippen LogP contribution in [0.3, 0.4) is 0 Å². The van der Waals surface area contributed by atoms with E-state index in [4.69, 9.17) is 0 Å². The molecule has 0 radical (unpaired) electrons. The van der Waals surface area contributed by atoms with Gasteiger partial charge in [-0.2, -0.15) is 0 Å². The largest absolute Gasteiger partial charge is 0.343 e. The molecule has 2 N–H and O–H groups in total. The summed E-state index contributed by atoms with van der Waals surface area (Å²) in [4.78, 5) is 10.0. The molecule has 0 aromatic heterocycles. The zero-order valence-corrected chi connectivity index (χ0v) is 6.48. The van der Waals surface area contributed by atoms with Crippen molar-refractivity contribution < 1.29 is 4.79 Å². The van der Waals surface area contributed by atoms with Gasteiger partial charge in [-0.1, -0.05) is 13.8 Å². The van der Waals surface area contributed by atoms with Gasteiger partial charge in [0.25, 0.3) is 0 Å². The average molecular weight is 142 g/mol. The fourth-order valence-electron chi connectivity index (χ4n) is 1.30. The summed E-state index contributed by atoms with van der Waals surface area (Å²) in [6.07, 6.45) is 1.96. The van der Waals surface area contributed by atoms with Crippen LogP contribution >= 0.6 is 0 Å². The predicted octanol–water partition coefficient (Wildman–Crippen LogP) is 0.0780. The molecule has 1 fully saturated rings. The van der Waals surface area contributed by atoms with Crippen molar-refractivity contribution in [3.8, 4) is 0 Å². The molecule has 0 bridgehead atoms. The Morgan fingerprint density at radius 1 is 1.70 bits per heavy atom. The quantitative estimate of drug-likeness (QED) is 0.536. The molecule has 1 rings (SSSR count). The summed E-state index contributed by atoms with van der Waals surface area (Å²) < 4.78 is 0. The topological polar surface area (TPSA) is 41.1 Å². The van der Waals surface area contributed by atoms with Crippen LogP contribution in [0.4, 0.5) is 0 Å². The van der Waals surface area contributed by atoms with Gasteiger partial charge in [0.1, 0.15) is 0 Å². The normalized spacial score (nSPS) is 30.0. The second-order valence-electron chi connectivity index (χ2n) is 3.59. The van der Waals surface area contributed by atoms with Gasteiger partial charge in [-0.05, 0) is 11.8 Å². The van der Waals surface area contributed by atoms with E-state index in [0.717, 1.165) is 19.4 Å². The smallest absolute Gasteiger partial charge is 0.208 e. The van der Waals surface area contributed by atoms with Crippen LogP contribution in [-0.2, 0) is 4.79 Å². The molecule has 0 spiro atoms. The molecule has 0 saturated carbocycles. The molecular weight excluding hydrogens is 128 g/mol. The van der Waals surface area contributed by atoms with Crippen LogP contribution in [0.5, 0.6) is 0 Å². The Morgan fingerprint density at radius 3 is 2.80 bits per heavy atom. The third kappa shape index (κ3) is 1.70. The molecule has 10 heavy (non-hydrogen) atoms. The third-order valence-electron chi connectivity index (χ3n) is 1.85. The molecule has 3 heteroatoms. The standard InChI is InChI=1S/C7H14N2O/c1-7(2)3-6(8-4-7)9-5-10/h5-6,8H,3-4H2,1-2H3,(H,9,10)/t6-/m0/s1. The number of nitrogens with one attached hydrogen (secondary N) is 2. The molecule has 3 nitrogen and oxygen atoms in total. The van der Waals surface area contributed by atoms with Gasteiger partial charge in [0.2, 0.25) is 6.41 Å². The fourth-order valence-corrected chi connectivity index (χ4v) is 1.30. The fraction of sp³-hybridized carbons (Fsp3) is 0.857. The summed E-state index contributed by atoms with van der Waals surface area (Å²) in [5.41, 5.74) is 0.334. The highest BCUT2D eigenvalue weighted by Crippen LogP contribution is 2.25. The second-order valence-corrected chi connectivity index (χ2v) is 3.59. The number of carbonyl (C=O) groups is 1.